The van der Waals surface area contributed by atoms with Gasteiger partial charge >= 0.3 is 5.97 Å². The van der Waals surface area contributed by atoms with Crippen LogP contribution in [0.5, 0.6) is 0 Å². The van der Waals surface area contributed by atoms with Gasteiger partial charge in [-0.2, -0.15) is 0 Å². The van der Waals surface area contributed by atoms with Crippen LogP contribution in [0.2, 0.25) is 0 Å². The number of rotatable bonds is 4. The summed E-state index contributed by atoms with van der Waals surface area (Å²) in [4.78, 5) is 11.7. The van der Waals surface area contributed by atoms with E-state index in [0.29, 0.717) is 0 Å². The standard InChI is InChI=1S/C13H25NO2/c1-10(12(15)16-13(2,3)4)14-9-11-7-5-6-8-11/h10-11,14H,5-9H2,1-4H3/t10-/m0/s1. The lowest BCUT2D eigenvalue weighted by Gasteiger charge is -2.23. The van der Waals surface area contributed by atoms with Crippen LogP contribution >= 0.6 is 0 Å². The predicted octanol–water partition coefficient (Wildman–Crippen LogP) is 2.50. The average molecular weight is 227 g/mol. The predicted molar refractivity (Wildman–Crippen MR) is 65.3 cm³/mol. The zero-order valence-corrected chi connectivity index (χ0v) is 11.0. The molecule has 0 aliphatic heterocycles. The van der Waals surface area contributed by atoms with Crippen molar-refractivity contribution in [3.63, 3.8) is 0 Å². The van der Waals surface area contributed by atoms with Gasteiger partial charge in [-0.3, -0.25) is 4.79 Å². The molecule has 0 aromatic heterocycles. The highest BCUT2D eigenvalue weighted by atomic mass is 16.6. The molecule has 0 heterocycles. The fourth-order valence-corrected chi connectivity index (χ4v) is 2.03. The molecule has 0 aromatic rings. The molecule has 0 amide bonds. The Morgan fingerprint density at radius 3 is 2.44 bits per heavy atom. The minimum Gasteiger partial charge on any atom is -0.459 e. The van der Waals surface area contributed by atoms with E-state index in [9.17, 15) is 4.79 Å². The summed E-state index contributed by atoms with van der Waals surface area (Å²) in [6.45, 7) is 8.52. The molecule has 1 rings (SSSR count). The van der Waals surface area contributed by atoms with Gasteiger partial charge in [0.15, 0.2) is 0 Å². The van der Waals surface area contributed by atoms with Crippen LogP contribution in [0.4, 0.5) is 0 Å². The van der Waals surface area contributed by atoms with Gasteiger partial charge in [-0.15, -0.1) is 0 Å². The second-order valence-electron chi connectivity index (χ2n) is 5.81. The zero-order chi connectivity index (χ0) is 12.2. The Bertz CT molecular complexity index is 227. The summed E-state index contributed by atoms with van der Waals surface area (Å²) in [5.74, 6) is 0.607. The van der Waals surface area contributed by atoms with E-state index in [2.05, 4.69) is 5.32 Å². The van der Waals surface area contributed by atoms with Crippen LogP contribution in [0.1, 0.15) is 53.4 Å². The van der Waals surface area contributed by atoms with Gasteiger partial charge in [0.25, 0.3) is 0 Å². The number of hydrogen-bond donors (Lipinski definition) is 1. The van der Waals surface area contributed by atoms with E-state index in [-0.39, 0.29) is 17.6 Å². The van der Waals surface area contributed by atoms with Gasteiger partial charge in [0.05, 0.1) is 0 Å². The van der Waals surface area contributed by atoms with Crippen LogP contribution in [0.3, 0.4) is 0 Å². The number of nitrogens with one attached hydrogen (secondary N) is 1. The van der Waals surface area contributed by atoms with Gasteiger partial charge < -0.3 is 10.1 Å². The molecule has 0 saturated heterocycles. The quantitative estimate of drug-likeness (QED) is 0.750. The number of esters is 1. The molecule has 1 fully saturated rings. The molecule has 0 unspecified atom stereocenters. The fourth-order valence-electron chi connectivity index (χ4n) is 2.03. The van der Waals surface area contributed by atoms with E-state index < -0.39 is 0 Å². The minimum atomic E-state index is -0.389. The van der Waals surface area contributed by atoms with E-state index in [0.717, 1.165) is 12.5 Å². The molecule has 16 heavy (non-hydrogen) atoms. The molecule has 1 N–H and O–H groups in total. The largest absolute Gasteiger partial charge is 0.459 e. The van der Waals surface area contributed by atoms with Gasteiger partial charge in [0.1, 0.15) is 11.6 Å². The highest BCUT2D eigenvalue weighted by Crippen LogP contribution is 2.23. The SMILES string of the molecule is C[C@H](NCC1CCCC1)C(=O)OC(C)(C)C. The number of hydrogen-bond acceptors (Lipinski definition) is 3. The zero-order valence-electron chi connectivity index (χ0n) is 11.0. The molecule has 94 valence electrons. The highest BCUT2D eigenvalue weighted by Gasteiger charge is 2.22. The van der Waals surface area contributed by atoms with E-state index in [1.165, 1.54) is 25.7 Å². The maximum atomic E-state index is 11.7. The Morgan fingerprint density at radius 1 is 1.38 bits per heavy atom. The van der Waals surface area contributed by atoms with E-state index in [4.69, 9.17) is 4.74 Å². The lowest BCUT2D eigenvalue weighted by molar-refractivity contribution is -0.157. The summed E-state index contributed by atoms with van der Waals surface area (Å²) in [6.07, 6.45) is 5.28. The van der Waals surface area contributed by atoms with Crippen molar-refractivity contribution in [2.24, 2.45) is 5.92 Å². The van der Waals surface area contributed by atoms with Crippen molar-refractivity contribution in [1.29, 1.82) is 0 Å². The molecule has 0 bridgehead atoms. The van der Waals surface area contributed by atoms with Crippen LogP contribution in [-0.2, 0) is 9.53 Å². The van der Waals surface area contributed by atoms with Crippen molar-refractivity contribution < 1.29 is 9.53 Å². The van der Waals surface area contributed by atoms with Gasteiger partial charge in [-0.1, -0.05) is 12.8 Å². The Hall–Kier alpha value is -0.570. The van der Waals surface area contributed by atoms with Crippen molar-refractivity contribution in [2.45, 2.75) is 65.0 Å². The highest BCUT2D eigenvalue weighted by molar-refractivity contribution is 5.75. The van der Waals surface area contributed by atoms with Gasteiger partial charge in [-0.05, 0) is 53.0 Å². The van der Waals surface area contributed by atoms with Crippen LogP contribution in [0.25, 0.3) is 0 Å². The van der Waals surface area contributed by atoms with E-state index in [1.807, 2.05) is 27.7 Å². The molecule has 0 aromatic carbocycles. The topological polar surface area (TPSA) is 38.3 Å². The van der Waals surface area contributed by atoms with Gasteiger partial charge in [0.2, 0.25) is 0 Å². The second kappa shape index (κ2) is 5.67. The monoisotopic (exact) mass is 227 g/mol. The maximum Gasteiger partial charge on any atom is 0.323 e. The summed E-state index contributed by atoms with van der Waals surface area (Å²) >= 11 is 0. The Balaban J connectivity index is 2.23. The molecule has 1 aliphatic carbocycles. The Morgan fingerprint density at radius 2 is 1.94 bits per heavy atom. The lowest BCUT2D eigenvalue weighted by Crippen LogP contribution is -2.40. The first-order chi connectivity index (χ1) is 7.38. The third-order valence-electron chi connectivity index (χ3n) is 2.95. The molecule has 1 atom stereocenters. The summed E-state index contributed by atoms with van der Waals surface area (Å²) in [5.41, 5.74) is -0.389. The molecule has 1 aliphatic rings. The fraction of sp³-hybridized carbons (Fsp3) is 0.923. The number of carbonyl (C=O) groups excluding carboxylic acids is 1. The first kappa shape index (κ1) is 13.5. The maximum absolute atomic E-state index is 11.7. The number of ether oxygens (including phenoxy) is 1. The Kier molecular flexibility index (Phi) is 4.78. The molecule has 0 radical (unpaired) electrons. The van der Waals surface area contributed by atoms with Crippen molar-refractivity contribution >= 4 is 5.97 Å². The third kappa shape index (κ3) is 4.97. The van der Waals surface area contributed by atoms with Crippen molar-refractivity contribution in [1.82, 2.24) is 5.32 Å². The first-order valence-electron chi connectivity index (χ1n) is 6.35. The Labute approximate surface area is 98.9 Å². The van der Waals surface area contributed by atoms with Crippen molar-refractivity contribution in [3.8, 4) is 0 Å². The van der Waals surface area contributed by atoms with Gasteiger partial charge in [0, 0.05) is 0 Å². The second-order valence-corrected chi connectivity index (χ2v) is 5.81. The van der Waals surface area contributed by atoms with Crippen LogP contribution in [-0.4, -0.2) is 24.2 Å². The van der Waals surface area contributed by atoms with E-state index in [1.54, 1.807) is 0 Å². The first-order valence-corrected chi connectivity index (χ1v) is 6.35. The molecule has 1 saturated carbocycles. The van der Waals surface area contributed by atoms with Crippen LogP contribution in [0, 0.1) is 5.92 Å². The minimum absolute atomic E-state index is 0.148. The van der Waals surface area contributed by atoms with Crippen molar-refractivity contribution in [2.75, 3.05) is 6.54 Å². The molecular weight excluding hydrogens is 202 g/mol. The summed E-state index contributed by atoms with van der Waals surface area (Å²) < 4.78 is 5.31. The summed E-state index contributed by atoms with van der Waals surface area (Å²) in [7, 11) is 0. The molecule has 0 spiro atoms. The molecule has 3 nitrogen and oxygen atoms in total. The van der Waals surface area contributed by atoms with Crippen LogP contribution < -0.4 is 5.32 Å². The van der Waals surface area contributed by atoms with Gasteiger partial charge in [-0.25, -0.2) is 0 Å². The number of carbonyl (C=O) groups is 1. The van der Waals surface area contributed by atoms with E-state index >= 15 is 0 Å². The average Bonchev–Trinajstić information content (AvgIpc) is 2.63. The normalized spacial score (nSPS) is 19.8. The lowest BCUT2D eigenvalue weighted by atomic mass is 10.1. The summed E-state index contributed by atoms with van der Waals surface area (Å²) in [5, 5.41) is 3.27. The molecular formula is C13H25NO2. The van der Waals surface area contributed by atoms with Crippen LogP contribution in [0.15, 0.2) is 0 Å². The smallest absolute Gasteiger partial charge is 0.323 e. The summed E-state index contributed by atoms with van der Waals surface area (Å²) in [6, 6.07) is -0.195. The van der Waals surface area contributed by atoms with Crippen molar-refractivity contribution in [3.05, 3.63) is 0 Å². The third-order valence-corrected chi connectivity index (χ3v) is 2.95. The molecule has 3 heteroatoms.